The lowest BCUT2D eigenvalue weighted by molar-refractivity contribution is -0.127. The summed E-state index contributed by atoms with van der Waals surface area (Å²) in [6.07, 6.45) is 0. The van der Waals surface area contributed by atoms with E-state index in [1.807, 2.05) is 13.8 Å². The Bertz CT molecular complexity index is 669. The molecule has 23 heavy (non-hydrogen) atoms. The van der Waals surface area contributed by atoms with Crippen molar-refractivity contribution in [3.8, 4) is 0 Å². The first-order valence-electron chi connectivity index (χ1n) is 7.41. The molecule has 0 unspecified atom stereocenters. The second-order valence-electron chi connectivity index (χ2n) is 5.22. The van der Waals surface area contributed by atoms with Gasteiger partial charge in [0.2, 0.25) is 0 Å². The number of hydrogen-bond acceptors (Lipinski definition) is 2. The van der Waals surface area contributed by atoms with Crippen LogP contribution < -0.4 is 10.6 Å². The highest BCUT2D eigenvalue weighted by molar-refractivity contribution is 6.42. The first-order chi connectivity index (χ1) is 10.9. The number of nitrogens with zero attached hydrogens (tertiary/aromatic N) is 1. The van der Waals surface area contributed by atoms with E-state index in [1.54, 1.807) is 30.0 Å². The third kappa shape index (κ3) is 3.62. The van der Waals surface area contributed by atoms with Gasteiger partial charge >= 0.3 is 6.03 Å². The molecular formula is C16H19Cl2N3O2. The third-order valence-electron chi connectivity index (χ3n) is 3.83. The zero-order valence-electron chi connectivity index (χ0n) is 13.2. The molecule has 5 nitrogen and oxygen atoms in total. The molecule has 0 saturated heterocycles. The molecule has 1 atom stereocenters. The van der Waals surface area contributed by atoms with Crippen molar-refractivity contribution in [2.24, 2.45) is 0 Å². The van der Waals surface area contributed by atoms with E-state index < -0.39 is 6.04 Å². The summed E-state index contributed by atoms with van der Waals surface area (Å²) in [6.45, 7) is 6.74. The monoisotopic (exact) mass is 355 g/mol. The lowest BCUT2D eigenvalue weighted by Gasteiger charge is -2.31. The molecule has 124 valence electrons. The van der Waals surface area contributed by atoms with Crippen molar-refractivity contribution >= 4 is 35.1 Å². The number of likely N-dealkylation sites (N-methyl/N-ethyl adjacent to an activating group) is 1. The normalized spacial score (nSPS) is 17.6. The topological polar surface area (TPSA) is 61.4 Å². The molecule has 0 bridgehead atoms. The molecule has 0 spiro atoms. The van der Waals surface area contributed by atoms with Gasteiger partial charge in [0.15, 0.2) is 0 Å². The summed E-state index contributed by atoms with van der Waals surface area (Å²) in [4.78, 5) is 26.4. The van der Waals surface area contributed by atoms with Gasteiger partial charge in [-0.15, -0.1) is 0 Å². The maximum absolute atomic E-state index is 12.8. The fraction of sp³-hybridized carbons (Fsp3) is 0.375. The molecule has 1 aromatic carbocycles. The van der Waals surface area contributed by atoms with Crippen molar-refractivity contribution in [1.29, 1.82) is 0 Å². The minimum absolute atomic E-state index is 0.115. The Hall–Kier alpha value is -1.72. The number of amides is 3. The van der Waals surface area contributed by atoms with Crippen molar-refractivity contribution in [3.63, 3.8) is 0 Å². The van der Waals surface area contributed by atoms with Gasteiger partial charge < -0.3 is 15.5 Å². The second-order valence-corrected chi connectivity index (χ2v) is 6.04. The number of nitrogens with one attached hydrogen (secondary N) is 2. The van der Waals surface area contributed by atoms with Gasteiger partial charge in [0.05, 0.1) is 21.7 Å². The fourth-order valence-electron chi connectivity index (χ4n) is 2.60. The molecule has 1 aromatic rings. The lowest BCUT2D eigenvalue weighted by Crippen LogP contribution is -2.47. The van der Waals surface area contributed by atoms with Crippen LogP contribution in [-0.2, 0) is 4.79 Å². The molecule has 1 aliphatic rings. The predicted molar refractivity (Wildman–Crippen MR) is 91.5 cm³/mol. The van der Waals surface area contributed by atoms with Crippen LogP contribution in [0, 0.1) is 0 Å². The maximum Gasteiger partial charge on any atom is 0.319 e. The van der Waals surface area contributed by atoms with Gasteiger partial charge in [0.25, 0.3) is 5.91 Å². The van der Waals surface area contributed by atoms with Gasteiger partial charge in [0, 0.05) is 18.8 Å². The maximum atomic E-state index is 12.8. The first-order valence-corrected chi connectivity index (χ1v) is 8.17. The summed E-state index contributed by atoms with van der Waals surface area (Å²) in [7, 11) is 0. The summed E-state index contributed by atoms with van der Waals surface area (Å²) in [5.74, 6) is -0.115. The predicted octanol–water partition coefficient (Wildman–Crippen LogP) is 3.49. The Balaban J connectivity index is 2.49. The van der Waals surface area contributed by atoms with E-state index in [9.17, 15) is 9.59 Å². The Morgan fingerprint density at radius 1 is 1.22 bits per heavy atom. The van der Waals surface area contributed by atoms with Crippen LogP contribution >= 0.6 is 23.2 Å². The third-order valence-corrected chi connectivity index (χ3v) is 4.57. The summed E-state index contributed by atoms with van der Waals surface area (Å²) in [6, 6.07) is 4.17. The van der Waals surface area contributed by atoms with Crippen molar-refractivity contribution < 1.29 is 9.59 Å². The van der Waals surface area contributed by atoms with E-state index >= 15 is 0 Å². The molecule has 7 heteroatoms. The molecule has 0 saturated carbocycles. The Morgan fingerprint density at radius 2 is 1.87 bits per heavy atom. The molecular weight excluding hydrogens is 337 g/mol. The average Bonchev–Trinajstić information content (AvgIpc) is 2.50. The molecule has 2 N–H and O–H groups in total. The second kappa shape index (κ2) is 7.23. The van der Waals surface area contributed by atoms with Gasteiger partial charge in [-0.2, -0.15) is 0 Å². The molecule has 1 aliphatic heterocycles. The average molecular weight is 356 g/mol. The minimum atomic E-state index is -0.563. The summed E-state index contributed by atoms with van der Waals surface area (Å²) in [5, 5.41) is 6.25. The number of urea groups is 1. The van der Waals surface area contributed by atoms with Gasteiger partial charge in [-0.1, -0.05) is 29.3 Å². The summed E-state index contributed by atoms with van der Waals surface area (Å²) < 4.78 is 0. The van der Waals surface area contributed by atoms with Crippen molar-refractivity contribution in [1.82, 2.24) is 15.5 Å². The number of rotatable bonds is 4. The molecule has 2 rings (SSSR count). The van der Waals surface area contributed by atoms with E-state index in [0.717, 1.165) is 0 Å². The lowest BCUT2D eigenvalue weighted by atomic mass is 9.94. The van der Waals surface area contributed by atoms with Crippen LogP contribution in [0.2, 0.25) is 10.0 Å². The SMILES string of the molecule is CCN(CC)C(=O)C1=C(C)NC(=O)N[C@@H]1c1ccc(Cl)c(Cl)c1. The van der Waals surface area contributed by atoms with Crippen LogP contribution in [0.25, 0.3) is 0 Å². The molecule has 3 amide bonds. The smallest absolute Gasteiger partial charge is 0.319 e. The van der Waals surface area contributed by atoms with Crippen LogP contribution in [0.15, 0.2) is 29.5 Å². The van der Waals surface area contributed by atoms with Crippen molar-refractivity contribution in [2.45, 2.75) is 26.8 Å². The van der Waals surface area contributed by atoms with Gasteiger partial charge in [0.1, 0.15) is 0 Å². The highest BCUT2D eigenvalue weighted by Crippen LogP contribution is 2.32. The standard InChI is InChI=1S/C16H19Cl2N3O2/c1-4-21(5-2)15(22)13-9(3)19-16(23)20-14(13)10-6-7-11(17)12(18)8-10/h6-8,14H,4-5H2,1-3H3,(H2,19,20,23)/t14-/m1/s1. The van der Waals surface area contributed by atoms with Crippen LogP contribution in [0.3, 0.4) is 0 Å². The Morgan fingerprint density at radius 3 is 2.43 bits per heavy atom. The number of allylic oxidation sites excluding steroid dienone is 1. The van der Waals surface area contributed by atoms with E-state index in [-0.39, 0.29) is 11.9 Å². The number of halogens is 2. The highest BCUT2D eigenvalue weighted by atomic mass is 35.5. The van der Waals surface area contributed by atoms with Crippen LogP contribution in [0.4, 0.5) is 4.79 Å². The molecule has 0 radical (unpaired) electrons. The van der Waals surface area contributed by atoms with Gasteiger partial charge in [-0.05, 0) is 38.5 Å². The molecule has 1 heterocycles. The van der Waals surface area contributed by atoms with Crippen LogP contribution in [0.5, 0.6) is 0 Å². The minimum Gasteiger partial charge on any atom is -0.339 e. The van der Waals surface area contributed by atoms with E-state index in [1.165, 1.54) is 0 Å². The zero-order chi connectivity index (χ0) is 17.1. The first kappa shape index (κ1) is 17.6. The quantitative estimate of drug-likeness (QED) is 0.868. The van der Waals surface area contributed by atoms with E-state index in [0.29, 0.717) is 40.0 Å². The van der Waals surface area contributed by atoms with Crippen LogP contribution in [0.1, 0.15) is 32.4 Å². The fourth-order valence-corrected chi connectivity index (χ4v) is 2.91. The van der Waals surface area contributed by atoms with E-state index in [4.69, 9.17) is 23.2 Å². The van der Waals surface area contributed by atoms with Gasteiger partial charge in [-0.25, -0.2) is 4.79 Å². The molecule has 0 aliphatic carbocycles. The van der Waals surface area contributed by atoms with E-state index in [2.05, 4.69) is 10.6 Å². The number of hydrogen-bond donors (Lipinski definition) is 2. The zero-order valence-corrected chi connectivity index (χ0v) is 14.8. The van der Waals surface area contributed by atoms with Crippen molar-refractivity contribution in [2.75, 3.05) is 13.1 Å². The Labute approximate surface area is 145 Å². The van der Waals surface area contributed by atoms with Crippen LogP contribution in [-0.4, -0.2) is 29.9 Å². The number of carbonyl (C=O) groups is 2. The molecule has 0 aromatic heterocycles. The molecule has 0 fully saturated rings. The highest BCUT2D eigenvalue weighted by Gasteiger charge is 2.33. The van der Waals surface area contributed by atoms with Gasteiger partial charge in [-0.3, -0.25) is 4.79 Å². The Kier molecular flexibility index (Phi) is 5.55. The largest absolute Gasteiger partial charge is 0.339 e. The number of carbonyl (C=O) groups excluding carboxylic acids is 2. The summed E-state index contributed by atoms with van der Waals surface area (Å²) >= 11 is 12.0. The summed E-state index contributed by atoms with van der Waals surface area (Å²) in [5.41, 5.74) is 1.76. The number of benzene rings is 1. The van der Waals surface area contributed by atoms with Crippen molar-refractivity contribution in [3.05, 3.63) is 45.1 Å².